The van der Waals surface area contributed by atoms with Crippen molar-refractivity contribution in [3.8, 4) is 11.5 Å². The average molecular weight is 428 g/mol. The molecule has 0 spiro atoms. The van der Waals surface area contributed by atoms with Gasteiger partial charge in [0.1, 0.15) is 17.3 Å². The van der Waals surface area contributed by atoms with Crippen molar-refractivity contribution < 1.29 is 14.3 Å². The minimum Gasteiger partial charge on any atom is -0.466 e. The fourth-order valence-corrected chi connectivity index (χ4v) is 3.99. The quantitative estimate of drug-likeness (QED) is 0.736. The van der Waals surface area contributed by atoms with E-state index in [9.17, 15) is 4.79 Å². The second-order valence-corrected chi connectivity index (χ2v) is 8.48. The molecule has 0 aliphatic carbocycles. The van der Waals surface area contributed by atoms with Gasteiger partial charge in [0.25, 0.3) is 0 Å². The topological polar surface area (TPSA) is 63.2 Å². The maximum absolute atomic E-state index is 12.6. The van der Waals surface area contributed by atoms with Crippen LogP contribution in [0.1, 0.15) is 26.3 Å². The smallest absolute Gasteiger partial charge is 0.313 e. The minimum absolute atomic E-state index is 0.0804. The van der Waals surface area contributed by atoms with E-state index in [1.807, 2.05) is 57.2 Å². The molecule has 0 radical (unpaired) electrons. The SMILES string of the molecule is CCOC(=O)C(C)(C)[C@@H]1CN(C2=Nc3cc(Cl)ccc3Oc3ccccc32)CCN1. The highest BCUT2D eigenvalue weighted by Crippen LogP contribution is 2.40. The van der Waals surface area contributed by atoms with Crippen molar-refractivity contribution in [1.82, 2.24) is 10.2 Å². The predicted molar refractivity (Wildman–Crippen MR) is 118 cm³/mol. The van der Waals surface area contributed by atoms with Gasteiger partial charge in [-0.1, -0.05) is 23.7 Å². The zero-order chi connectivity index (χ0) is 21.3. The van der Waals surface area contributed by atoms with E-state index in [2.05, 4.69) is 10.2 Å². The first kappa shape index (κ1) is 20.7. The third kappa shape index (κ3) is 3.89. The number of carbonyl (C=O) groups excluding carboxylic acids is 1. The number of fused-ring (bicyclic) bond motifs is 2. The van der Waals surface area contributed by atoms with E-state index >= 15 is 0 Å². The molecule has 6 nitrogen and oxygen atoms in total. The highest BCUT2D eigenvalue weighted by atomic mass is 35.5. The Balaban J connectivity index is 1.72. The second kappa shape index (κ2) is 8.28. The van der Waals surface area contributed by atoms with Gasteiger partial charge >= 0.3 is 5.97 Å². The first-order valence-electron chi connectivity index (χ1n) is 10.2. The van der Waals surface area contributed by atoms with Crippen molar-refractivity contribution in [3.63, 3.8) is 0 Å². The summed E-state index contributed by atoms with van der Waals surface area (Å²) in [6.07, 6.45) is 0. The number of para-hydroxylation sites is 1. The molecule has 0 saturated carbocycles. The summed E-state index contributed by atoms with van der Waals surface area (Å²) >= 11 is 6.22. The third-order valence-corrected chi connectivity index (χ3v) is 5.88. The van der Waals surface area contributed by atoms with Crippen LogP contribution in [0.5, 0.6) is 11.5 Å². The summed E-state index contributed by atoms with van der Waals surface area (Å²) in [6.45, 7) is 8.16. The van der Waals surface area contributed by atoms with Crippen LogP contribution >= 0.6 is 11.6 Å². The van der Waals surface area contributed by atoms with Crippen LogP contribution in [0.3, 0.4) is 0 Å². The molecule has 1 N–H and O–H groups in total. The Morgan fingerprint density at radius 1 is 1.30 bits per heavy atom. The number of hydrogen-bond acceptors (Lipinski definition) is 6. The number of rotatable bonds is 3. The van der Waals surface area contributed by atoms with Gasteiger partial charge in [-0.15, -0.1) is 0 Å². The number of esters is 1. The normalized spacial score (nSPS) is 18.5. The molecular weight excluding hydrogens is 402 g/mol. The van der Waals surface area contributed by atoms with Gasteiger partial charge in [-0.3, -0.25) is 4.79 Å². The van der Waals surface area contributed by atoms with E-state index in [0.717, 1.165) is 30.2 Å². The molecule has 30 heavy (non-hydrogen) atoms. The molecule has 4 rings (SSSR count). The lowest BCUT2D eigenvalue weighted by Gasteiger charge is -2.41. The summed E-state index contributed by atoms with van der Waals surface area (Å²) in [5, 5.41) is 4.09. The number of halogens is 1. The van der Waals surface area contributed by atoms with Crippen molar-refractivity contribution in [2.75, 3.05) is 26.2 Å². The van der Waals surface area contributed by atoms with Crippen LogP contribution in [-0.2, 0) is 9.53 Å². The zero-order valence-electron chi connectivity index (χ0n) is 17.4. The Hall–Kier alpha value is -2.57. The van der Waals surface area contributed by atoms with Gasteiger partial charge in [-0.25, -0.2) is 4.99 Å². The fraction of sp³-hybridized carbons (Fsp3) is 0.391. The largest absolute Gasteiger partial charge is 0.466 e. The number of nitrogens with one attached hydrogen (secondary N) is 1. The van der Waals surface area contributed by atoms with E-state index in [4.69, 9.17) is 26.1 Å². The van der Waals surface area contributed by atoms with Crippen LogP contribution in [0.2, 0.25) is 5.02 Å². The predicted octanol–water partition coefficient (Wildman–Crippen LogP) is 4.39. The molecule has 158 valence electrons. The number of hydrogen-bond donors (Lipinski definition) is 1. The van der Waals surface area contributed by atoms with Gasteiger partial charge in [0.05, 0.1) is 17.6 Å². The standard InChI is InChI=1S/C23H26ClN3O3/c1-4-29-22(28)23(2,3)20-14-27(12-11-25-20)21-16-7-5-6-8-18(16)30-19-10-9-15(24)13-17(19)26-21/h5-10,13,20,25H,4,11-12,14H2,1-3H3/t20-/m0/s1. The van der Waals surface area contributed by atoms with Crippen LogP contribution in [-0.4, -0.2) is 49.0 Å². The lowest BCUT2D eigenvalue weighted by Crippen LogP contribution is -2.60. The van der Waals surface area contributed by atoms with E-state index in [-0.39, 0.29) is 12.0 Å². The Labute approximate surface area is 181 Å². The van der Waals surface area contributed by atoms with Gasteiger partial charge in [0.15, 0.2) is 5.75 Å². The Morgan fingerprint density at radius 3 is 2.90 bits per heavy atom. The fourth-order valence-electron chi connectivity index (χ4n) is 3.82. The first-order valence-corrected chi connectivity index (χ1v) is 10.6. The molecule has 0 aromatic heterocycles. The van der Waals surface area contributed by atoms with Crippen LogP contribution in [0.15, 0.2) is 47.5 Å². The number of nitrogens with zero attached hydrogens (tertiary/aromatic N) is 2. The molecule has 7 heteroatoms. The van der Waals surface area contributed by atoms with Gasteiger partial charge < -0.3 is 19.7 Å². The summed E-state index contributed by atoms with van der Waals surface area (Å²) < 4.78 is 11.5. The van der Waals surface area contributed by atoms with Gasteiger partial charge in [0, 0.05) is 30.7 Å². The molecule has 1 saturated heterocycles. The number of carbonyl (C=O) groups is 1. The molecule has 1 atom stereocenters. The van der Waals surface area contributed by atoms with Gasteiger partial charge in [0.2, 0.25) is 0 Å². The molecule has 2 aromatic carbocycles. The molecular formula is C23H26ClN3O3. The highest BCUT2D eigenvalue weighted by molar-refractivity contribution is 6.31. The van der Waals surface area contributed by atoms with E-state index in [0.29, 0.717) is 29.6 Å². The van der Waals surface area contributed by atoms with Gasteiger partial charge in [-0.05, 0) is 51.1 Å². The van der Waals surface area contributed by atoms with E-state index < -0.39 is 5.41 Å². The molecule has 0 amide bonds. The molecule has 2 aromatic rings. The summed E-state index contributed by atoms with van der Waals surface area (Å²) in [4.78, 5) is 19.7. The molecule has 1 fully saturated rings. The molecule has 0 bridgehead atoms. The number of piperazine rings is 1. The molecule has 2 aliphatic rings. The maximum Gasteiger partial charge on any atom is 0.313 e. The Morgan fingerprint density at radius 2 is 2.10 bits per heavy atom. The van der Waals surface area contributed by atoms with E-state index in [1.54, 1.807) is 6.07 Å². The lowest BCUT2D eigenvalue weighted by atomic mass is 9.83. The number of aliphatic imine (C=N–C) groups is 1. The third-order valence-electron chi connectivity index (χ3n) is 5.64. The van der Waals surface area contributed by atoms with Crippen molar-refractivity contribution in [2.45, 2.75) is 26.8 Å². The number of ether oxygens (including phenoxy) is 2. The molecule has 2 aliphatic heterocycles. The maximum atomic E-state index is 12.6. The summed E-state index contributed by atoms with van der Waals surface area (Å²) in [5.41, 5.74) is 0.935. The number of benzene rings is 2. The van der Waals surface area contributed by atoms with Crippen LogP contribution in [0.4, 0.5) is 5.69 Å². The average Bonchev–Trinajstić information content (AvgIpc) is 2.90. The highest BCUT2D eigenvalue weighted by Gasteiger charge is 2.41. The minimum atomic E-state index is -0.669. The summed E-state index contributed by atoms with van der Waals surface area (Å²) in [5.74, 6) is 2.03. The van der Waals surface area contributed by atoms with Crippen molar-refractivity contribution in [2.24, 2.45) is 10.4 Å². The Bertz CT molecular complexity index is 989. The number of amidine groups is 1. The van der Waals surface area contributed by atoms with Crippen molar-refractivity contribution in [3.05, 3.63) is 53.1 Å². The second-order valence-electron chi connectivity index (χ2n) is 8.04. The van der Waals surface area contributed by atoms with Crippen molar-refractivity contribution >= 4 is 29.1 Å². The summed E-state index contributed by atoms with van der Waals surface area (Å²) in [6, 6.07) is 13.2. The van der Waals surface area contributed by atoms with Crippen LogP contribution in [0.25, 0.3) is 0 Å². The monoisotopic (exact) mass is 427 g/mol. The first-order chi connectivity index (χ1) is 14.4. The van der Waals surface area contributed by atoms with Crippen molar-refractivity contribution in [1.29, 1.82) is 0 Å². The molecule has 2 heterocycles. The lowest BCUT2D eigenvalue weighted by molar-refractivity contribution is -0.155. The Kier molecular flexibility index (Phi) is 5.71. The molecule has 0 unspecified atom stereocenters. The van der Waals surface area contributed by atoms with Gasteiger partial charge in [-0.2, -0.15) is 0 Å². The van der Waals surface area contributed by atoms with Crippen LogP contribution in [0, 0.1) is 5.41 Å². The summed E-state index contributed by atoms with van der Waals surface area (Å²) in [7, 11) is 0. The van der Waals surface area contributed by atoms with Crippen LogP contribution < -0.4 is 10.1 Å². The zero-order valence-corrected chi connectivity index (χ0v) is 18.2. The van der Waals surface area contributed by atoms with E-state index in [1.165, 1.54) is 0 Å².